The van der Waals surface area contributed by atoms with Crippen molar-refractivity contribution in [1.29, 1.82) is 5.26 Å². The Labute approximate surface area is 145 Å². The largest absolute Gasteiger partial charge is 0.496 e. The summed E-state index contributed by atoms with van der Waals surface area (Å²) in [6, 6.07) is 10.6. The van der Waals surface area contributed by atoms with Crippen molar-refractivity contribution in [1.82, 2.24) is 0 Å². The number of nitrogens with zero attached hydrogens (tertiary/aromatic N) is 1. The summed E-state index contributed by atoms with van der Waals surface area (Å²) in [6.07, 6.45) is 1.71. The number of rotatable bonds is 4. The van der Waals surface area contributed by atoms with Crippen molar-refractivity contribution in [2.45, 2.75) is 0 Å². The number of nitriles is 1. The molecule has 0 fully saturated rings. The summed E-state index contributed by atoms with van der Waals surface area (Å²) < 4.78 is 16.1. The minimum absolute atomic E-state index is 0.245. The highest BCUT2D eigenvalue weighted by atomic mass is 16.5. The van der Waals surface area contributed by atoms with E-state index in [-0.39, 0.29) is 5.91 Å². The molecule has 126 valence electrons. The zero-order chi connectivity index (χ0) is 18.0. The molecule has 1 heterocycles. The van der Waals surface area contributed by atoms with E-state index < -0.39 is 0 Å². The Morgan fingerprint density at radius 3 is 2.28 bits per heavy atom. The molecule has 0 radical (unpaired) electrons. The summed E-state index contributed by atoms with van der Waals surface area (Å²) in [6.45, 7) is 0. The minimum Gasteiger partial charge on any atom is -0.496 e. The van der Waals surface area contributed by atoms with E-state index in [9.17, 15) is 4.79 Å². The number of fused-ring (bicyclic) bond motifs is 1. The van der Waals surface area contributed by atoms with Gasteiger partial charge in [0.05, 0.1) is 44.2 Å². The minimum atomic E-state index is -0.245. The van der Waals surface area contributed by atoms with Gasteiger partial charge in [0.2, 0.25) is 0 Å². The Morgan fingerprint density at radius 2 is 1.72 bits per heavy atom. The van der Waals surface area contributed by atoms with E-state index in [1.54, 1.807) is 43.5 Å². The van der Waals surface area contributed by atoms with Gasteiger partial charge in [-0.2, -0.15) is 5.26 Å². The number of amides is 1. The second kappa shape index (κ2) is 6.57. The number of ether oxygens (including phenoxy) is 3. The first-order valence-electron chi connectivity index (χ1n) is 7.48. The first-order chi connectivity index (χ1) is 12.1. The van der Waals surface area contributed by atoms with Crippen molar-refractivity contribution in [3.8, 4) is 23.3 Å². The average molecular weight is 336 g/mol. The van der Waals surface area contributed by atoms with Crippen LogP contribution in [0.2, 0.25) is 0 Å². The Bertz CT molecular complexity index is 901. The molecule has 1 aliphatic rings. The van der Waals surface area contributed by atoms with Crippen molar-refractivity contribution >= 4 is 23.2 Å². The van der Waals surface area contributed by atoms with E-state index in [4.69, 9.17) is 19.5 Å². The van der Waals surface area contributed by atoms with Gasteiger partial charge in [0.15, 0.2) is 0 Å². The lowest BCUT2D eigenvalue weighted by Crippen LogP contribution is -2.04. The van der Waals surface area contributed by atoms with Crippen LogP contribution in [0.15, 0.2) is 30.3 Å². The molecule has 6 nitrogen and oxygen atoms in total. The number of nitrogens with one attached hydrogen (secondary N) is 1. The molecule has 0 atom stereocenters. The van der Waals surface area contributed by atoms with Gasteiger partial charge in [-0.15, -0.1) is 0 Å². The Kier molecular flexibility index (Phi) is 4.31. The van der Waals surface area contributed by atoms with Crippen LogP contribution in [0.1, 0.15) is 16.7 Å². The molecule has 0 bridgehead atoms. The third-order valence-corrected chi connectivity index (χ3v) is 3.97. The molecule has 2 aromatic carbocycles. The topological polar surface area (TPSA) is 80.6 Å². The summed E-state index contributed by atoms with van der Waals surface area (Å²) in [7, 11) is 4.63. The molecule has 1 N–H and O–H groups in total. The Hall–Kier alpha value is -3.46. The number of hydrogen-bond donors (Lipinski definition) is 1. The van der Waals surface area contributed by atoms with E-state index in [1.807, 2.05) is 0 Å². The number of carbonyl (C=O) groups is 1. The van der Waals surface area contributed by atoms with Gasteiger partial charge < -0.3 is 19.5 Å². The summed E-state index contributed by atoms with van der Waals surface area (Å²) in [5.74, 6) is 1.40. The third-order valence-electron chi connectivity index (χ3n) is 3.97. The third kappa shape index (κ3) is 2.88. The summed E-state index contributed by atoms with van der Waals surface area (Å²) >= 11 is 0. The van der Waals surface area contributed by atoms with Crippen LogP contribution in [0.4, 0.5) is 5.69 Å². The van der Waals surface area contributed by atoms with Crippen LogP contribution in [-0.2, 0) is 4.79 Å². The van der Waals surface area contributed by atoms with Gasteiger partial charge in [0.25, 0.3) is 5.91 Å². The molecule has 0 saturated heterocycles. The van der Waals surface area contributed by atoms with Gasteiger partial charge in [-0.25, -0.2) is 0 Å². The highest BCUT2D eigenvalue weighted by Crippen LogP contribution is 2.40. The van der Waals surface area contributed by atoms with Gasteiger partial charge in [-0.05, 0) is 18.2 Å². The lowest BCUT2D eigenvalue weighted by atomic mass is 10.0. The molecule has 0 spiro atoms. The molecule has 1 amide bonds. The highest BCUT2D eigenvalue weighted by molar-refractivity contribution is 6.35. The molecule has 0 unspecified atom stereocenters. The number of benzene rings is 2. The van der Waals surface area contributed by atoms with Crippen molar-refractivity contribution < 1.29 is 19.0 Å². The lowest BCUT2D eigenvalue weighted by molar-refractivity contribution is -0.110. The van der Waals surface area contributed by atoms with Crippen LogP contribution in [0, 0.1) is 11.3 Å². The van der Waals surface area contributed by atoms with E-state index >= 15 is 0 Å². The van der Waals surface area contributed by atoms with Crippen molar-refractivity contribution in [2.24, 2.45) is 0 Å². The fraction of sp³-hybridized carbons (Fsp3) is 0.158. The zero-order valence-corrected chi connectivity index (χ0v) is 14.0. The van der Waals surface area contributed by atoms with Crippen LogP contribution < -0.4 is 19.5 Å². The molecule has 0 aromatic heterocycles. The summed E-state index contributed by atoms with van der Waals surface area (Å²) in [4.78, 5) is 12.4. The predicted molar refractivity (Wildman–Crippen MR) is 93.8 cm³/mol. The molecule has 0 aliphatic carbocycles. The first-order valence-corrected chi connectivity index (χ1v) is 7.48. The average Bonchev–Trinajstić information content (AvgIpc) is 2.95. The molecule has 2 aromatic rings. The van der Waals surface area contributed by atoms with E-state index in [0.29, 0.717) is 39.6 Å². The summed E-state index contributed by atoms with van der Waals surface area (Å²) in [5, 5.41) is 11.8. The van der Waals surface area contributed by atoms with Crippen LogP contribution in [0.3, 0.4) is 0 Å². The maximum absolute atomic E-state index is 12.4. The van der Waals surface area contributed by atoms with Crippen LogP contribution >= 0.6 is 0 Å². The number of carbonyl (C=O) groups excluding carboxylic acids is 1. The van der Waals surface area contributed by atoms with Crippen molar-refractivity contribution in [3.63, 3.8) is 0 Å². The van der Waals surface area contributed by atoms with E-state index in [0.717, 1.165) is 5.56 Å². The molecular weight excluding hydrogens is 320 g/mol. The number of hydrogen-bond acceptors (Lipinski definition) is 5. The van der Waals surface area contributed by atoms with Crippen LogP contribution in [-0.4, -0.2) is 27.2 Å². The quantitative estimate of drug-likeness (QED) is 0.868. The van der Waals surface area contributed by atoms with Gasteiger partial charge in [-0.3, -0.25) is 4.79 Å². The molecule has 0 saturated carbocycles. The Morgan fingerprint density at radius 1 is 1.04 bits per heavy atom. The smallest absolute Gasteiger partial charge is 0.256 e. The van der Waals surface area contributed by atoms with Gasteiger partial charge >= 0.3 is 0 Å². The zero-order valence-electron chi connectivity index (χ0n) is 14.0. The first kappa shape index (κ1) is 16.4. The fourth-order valence-corrected chi connectivity index (χ4v) is 2.73. The summed E-state index contributed by atoms with van der Waals surface area (Å²) in [5.41, 5.74) is 2.93. The van der Waals surface area contributed by atoms with Crippen molar-refractivity contribution in [3.05, 3.63) is 47.0 Å². The van der Waals surface area contributed by atoms with Gasteiger partial charge in [0.1, 0.15) is 17.2 Å². The van der Waals surface area contributed by atoms with Gasteiger partial charge in [0, 0.05) is 23.3 Å². The SMILES string of the molecule is COc1cc(OC)c(/C=C2\C(=O)Nc3cc(C#N)ccc32)c(OC)c1. The fourth-order valence-electron chi connectivity index (χ4n) is 2.73. The number of methoxy groups -OCH3 is 3. The maximum atomic E-state index is 12.4. The Balaban J connectivity index is 2.17. The molecule has 6 heteroatoms. The monoisotopic (exact) mass is 336 g/mol. The molecule has 1 aliphatic heterocycles. The van der Waals surface area contributed by atoms with Crippen LogP contribution in [0.25, 0.3) is 11.6 Å². The predicted octanol–water partition coefficient (Wildman–Crippen LogP) is 3.08. The molecule has 25 heavy (non-hydrogen) atoms. The number of anilines is 1. The molecule has 3 rings (SSSR count). The van der Waals surface area contributed by atoms with Crippen LogP contribution in [0.5, 0.6) is 17.2 Å². The second-order valence-electron chi connectivity index (χ2n) is 5.33. The molecular formula is C19H16N2O4. The standard InChI is InChI=1S/C19H16N2O4/c1-23-12-7-17(24-2)15(18(8-12)25-3)9-14-13-5-4-11(10-20)6-16(13)21-19(14)22/h4-9H,1-3H3,(H,21,22)/b14-9-. The van der Waals surface area contributed by atoms with E-state index in [1.165, 1.54) is 14.2 Å². The van der Waals surface area contributed by atoms with E-state index in [2.05, 4.69) is 11.4 Å². The normalized spacial score (nSPS) is 13.8. The lowest BCUT2D eigenvalue weighted by Gasteiger charge is -2.13. The second-order valence-corrected chi connectivity index (χ2v) is 5.33. The maximum Gasteiger partial charge on any atom is 0.256 e. The van der Waals surface area contributed by atoms with Crippen molar-refractivity contribution in [2.75, 3.05) is 26.6 Å². The van der Waals surface area contributed by atoms with Gasteiger partial charge in [-0.1, -0.05) is 6.07 Å². The highest BCUT2D eigenvalue weighted by Gasteiger charge is 2.25.